The molecule has 1 aromatic rings. The molecule has 2 amide bonds. The van der Waals surface area contributed by atoms with Gasteiger partial charge < -0.3 is 16.4 Å². The van der Waals surface area contributed by atoms with Crippen LogP contribution in [0.1, 0.15) is 31.2 Å². The number of primary amides is 1. The van der Waals surface area contributed by atoms with Crippen LogP contribution in [0, 0.1) is 5.92 Å². The van der Waals surface area contributed by atoms with Gasteiger partial charge in [0.1, 0.15) is 0 Å². The van der Waals surface area contributed by atoms with Crippen molar-refractivity contribution < 1.29 is 9.59 Å². The van der Waals surface area contributed by atoms with Gasteiger partial charge in [0.05, 0.1) is 11.8 Å². The van der Waals surface area contributed by atoms with Crippen LogP contribution in [-0.4, -0.2) is 35.8 Å². The van der Waals surface area contributed by atoms with Crippen LogP contribution in [0.2, 0.25) is 0 Å². The van der Waals surface area contributed by atoms with Crippen LogP contribution in [0.4, 0.5) is 0 Å². The van der Waals surface area contributed by atoms with Crippen molar-refractivity contribution in [2.45, 2.75) is 31.7 Å². The predicted octanol–water partition coefficient (Wildman–Crippen LogP) is 0.841. The fraction of sp³-hybridized carbons (Fsp3) is 0.500. The average Bonchev–Trinajstić information content (AvgIpc) is 2.49. The molecule has 3 unspecified atom stereocenters. The van der Waals surface area contributed by atoms with Crippen LogP contribution in [0.25, 0.3) is 0 Å². The smallest absolute Gasteiger partial charge is 0.231 e. The Balaban J connectivity index is 2.18. The van der Waals surface area contributed by atoms with Gasteiger partial charge in [-0.05, 0) is 25.3 Å². The lowest BCUT2D eigenvalue weighted by molar-refractivity contribution is -0.138. The van der Waals surface area contributed by atoms with Crippen molar-refractivity contribution in [2.75, 3.05) is 13.1 Å². The van der Waals surface area contributed by atoms with Crippen LogP contribution in [0.5, 0.6) is 0 Å². The Morgan fingerprint density at radius 2 is 1.95 bits per heavy atom. The maximum atomic E-state index is 12.8. The first-order valence-electron chi connectivity index (χ1n) is 7.39. The van der Waals surface area contributed by atoms with Gasteiger partial charge >= 0.3 is 0 Å². The molecule has 5 heteroatoms. The molecular weight excluding hydrogens is 266 g/mol. The van der Waals surface area contributed by atoms with E-state index >= 15 is 0 Å². The molecule has 0 bridgehead atoms. The highest BCUT2D eigenvalue weighted by molar-refractivity contribution is 5.85. The lowest BCUT2D eigenvalue weighted by Gasteiger charge is -2.38. The summed E-state index contributed by atoms with van der Waals surface area (Å²) in [5, 5.41) is 0. The topological polar surface area (TPSA) is 89.4 Å². The molecule has 21 heavy (non-hydrogen) atoms. The van der Waals surface area contributed by atoms with E-state index in [1.807, 2.05) is 37.3 Å². The molecule has 0 radical (unpaired) electrons. The van der Waals surface area contributed by atoms with E-state index in [-0.39, 0.29) is 36.2 Å². The van der Waals surface area contributed by atoms with Crippen LogP contribution in [0.3, 0.4) is 0 Å². The highest BCUT2D eigenvalue weighted by atomic mass is 16.2. The number of amides is 2. The molecule has 114 valence electrons. The first-order valence-corrected chi connectivity index (χ1v) is 7.39. The minimum absolute atomic E-state index is 0.0119. The summed E-state index contributed by atoms with van der Waals surface area (Å²) in [5.74, 6) is -0.953. The molecule has 0 saturated carbocycles. The van der Waals surface area contributed by atoms with Gasteiger partial charge in [-0.2, -0.15) is 0 Å². The summed E-state index contributed by atoms with van der Waals surface area (Å²) in [5.41, 5.74) is 12.1. The molecule has 3 atom stereocenters. The number of carbonyl (C=O) groups excluding carboxylic acids is 2. The summed E-state index contributed by atoms with van der Waals surface area (Å²) in [6, 6.07) is 9.65. The summed E-state index contributed by atoms with van der Waals surface area (Å²) in [7, 11) is 0. The van der Waals surface area contributed by atoms with Crippen molar-refractivity contribution in [1.82, 2.24) is 4.90 Å². The molecule has 0 aliphatic carbocycles. The minimum atomic E-state index is -0.361. The largest absolute Gasteiger partial charge is 0.369 e. The summed E-state index contributed by atoms with van der Waals surface area (Å²) in [4.78, 5) is 26.0. The quantitative estimate of drug-likeness (QED) is 0.860. The van der Waals surface area contributed by atoms with E-state index in [4.69, 9.17) is 11.5 Å². The van der Waals surface area contributed by atoms with Gasteiger partial charge in [0, 0.05) is 19.1 Å². The number of likely N-dealkylation sites (tertiary alicyclic amines) is 1. The average molecular weight is 289 g/mol. The van der Waals surface area contributed by atoms with E-state index in [0.29, 0.717) is 6.54 Å². The summed E-state index contributed by atoms with van der Waals surface area (Å²) >= 11 is 0. The zero-order chi connectivity index (χ0) is 15.4. The third kappa shape index (κ3) is 3.42. The van der Waals surface area contributed by atoms with Crippen LogP contribution in [0.15, 0.2) is 30.3 Å². The zero-order valence-corrected chi connectivity index (χ0v) is 12.4. The molecular formula is C16H23N3O2. The Morgan fingerprint density at radius 3 is 2.52 bits per heavy atom. The van der Waals surface area contributed by atoms with E-state index in [2.05, 4.69) is 0 Å². The molecule has 1 aliphatic rings. The van der Waals surface area contributed by atoms with Crippen LogP contribution in [-0.2, 0) is 9.59 Å². The Labute approximate surface area is 125 Å². The van der Waals surface area contributed by atoms with Crippen molar-refractivity contribution in [3.63, 3.8) is 0 Å². The van der Waals surface area contributed by atoms with Crippen LogP contribution < -0.4 is 11.5 Å². The van der Waals surface area contributed by atoms with E-state index in [9.17, 15) is 9.59 Å². The molecule has 0 aromatic heterocycles. The standard InChI is InChI=1S/C16H23N3O2/c1-11-7-8-13(15(18)20)10-19(11)16(21)14(9-17)12-5-3-2-4-6-12/h2-6,11,13-14H,7-10,17H2,1H3,(H2,18,20). The third-order valence-corrected chi connectivity index (χ3v) is 4.30. The fourth-order valence-corrected chi connectivity index (χ4v) is 2.91. The highest BCUT2D eigenvalue weighted by Gasteiger charge is 2.34. The number of hydrogen-bond donors (Lipinski definition) is 2. The van der Waals surface area contributed by atoms with Gasteiger partial charge in [-0.3, -0.25) is 9.59 Å². The van der Waals surface area contributed by atoms with Gasteiger partial charge in [0.15, 0.2) is 0 Å². The van der Waals surface area contributed by atoms with Gasteiger partial charge in [0.2, 0.25) is 11.8 Å². The number of hydrogen-bond acceptors (Lipinski definition) is 3. The van der Waals surface area contributed by atoms with Gasteiger partial charge in [-0.1, -0.05) is 30.3 Å². The first-order chi connectivity index (χ1) is 10.0. The van der Waals surface area contributed by atoms with Crippen molar-refractivity contribution >= 4 is 11.8 Å². The fourth-order valence-electron chi connectivity index (χ4n) is 2.91. The summed E-state index contributed by atoms with van der Waals surface area (Å²) in [6.45, 7) is 2.67. The second-order valence-corrected chi connectivity index (χ2v) is 5.72. The second-order valence-electron chi connectivity index (χ2n) is 5.72. The van der Waals surface area contributed by atoms with Gasteiger partial charge in [-0.25, -0.2) is 0 Å². The summed E-state index contributed by atoms with van der Waals surface area (Å²) in [6.07, 6.45) is 1.55. The number of piperidine rings is 1. The molecule has 2 rings (SSSR count). The Bertz CT molecular complexity index is 504. The minimum Gasteiger partial charge on any atom is -0.369 e. The van der Waals surface area contributed by atoms with Crippen molar-refractivity contribution in [3.8, 4) is 0 Å². The second kappa shape index (κ2) is 6.72. The number of benzene rings is 1. The van der Waals surface area contributed by atoms with Crippen LogP contribution >= 0.6 is 0 Å². The number of nitrogens with zero attached hydrogens (tertiary/aromatic N) is 1. The molecule has 1 heterocycles. The lowest BCUT2D eigenvalue weighted by atomic mass is 9.90. The maximum Gasteiger partial charge on any atom is 0.231 e. The SMILES string of the molecule is CC1CCC(C(N)=O)CN1C(=O)C(CN)c1ccccc1. The third-order valence-electron chi connectivity index (χ3n) is 4.30. The normalized spacial score (nSPS) is 23.6. The van der Waals surface area contributed by atoms with Gasteiger partial charge in [0.25, 0.3) is 0 Å². The number of rotatable bonds is 4. The van der Waals surface area contributed by atoms with E-state index < -0.39 is 0 Å². The molecule has 1 saturated heterocycles. The summed E-state index contributed by atoms with van der Waals surface area (Å²) < 4.78 is 0. The zero-order valence-electron chi connectivity index (χ0n) is 12.4. The van der Waals surface area contributed by atoms with Crippen molar-refractivity contribution in [3.05, 3.63) is 35.9 Å². The molecule has 1 aliphatic heterocycles. The molecule has 5 nitrogen and oxygen atoms in total. The maximum absolute atomic E-state index is 12.8. The highest BCUT2D eigenvalue weighted by Crippen LogP contribution is 2.26. The Morgan fingerprint density at radius 1 is 1.29 bits per heavy atom. The van der Waals surface area contributed by atoms with E-state index in [1.165, 1.54) is 0 Å². The molecule has 1 fully saturated rings. The van der Waals surface area contributed by atoms with Crippen molar-refractivity contribution in [1.29, 1.82) is 0 Å². The number of nitrogens with two attached hydrogens (primary N) is 2. The van der Waals surface area contributed by atoms with E-state index in [0.717, 1.165) is 18.4 Å². The molecule has 0 spiro atoms. The van der Waals surface area contributed by atoms with Gasteiger partial charge in [-0.15, -0.1) is 0 Å². The number of carbonyl (C=O) groups is 2. The predicted molar refractivity (Wildman–Crippen MR) is 81.3 cm³/mol. The Hall–Kier alpha value is -1.88. The first kappa shape index (κ1) is 15.5. The van der Waals surface area contributed by atoms with E-state index in [1.54, 1.807) is 4.90 Å². The molecule has 4 N–H and O–H groups in total. The van der Waals surface area contributed by atoms with Crippen molar-refractivity contribution in [2.24, 2.45) is 17.4 Å². The Kier molecular flexibility index (Phi) is 4.96. The lowest BCUT2D eigenvalue weighted by Crippen LogP contribution is -2.50. The monoisotopic (exact) mass is 289 g/mol. The molecule has 1 aromatic carbocycles.